The fourth-order valence-corrected chi connectivity index (χ4v) is 2.06. The molecule has 1 rings (SSSR count). The largest absolute Gasteiger partial charge is 0.389 e. The molecule has 0 amide bonds. The monoisotopic (exact) mass is 345 g/mol. The van der Waals surface area contributed by atoms with E-state index in [9.17, 15) is 5.11 Å². The van der Waals surface area contributed by atoms with Crippen LogP contribution in [0.15, 0.2) is 28.7 Å². The summed E-state index contributed by atoms with van der Waals surface area (Å²) in [7, 11) is 1.64. The summed E-state index contributed by atoms with van der Waals surface area (Å²) in [4.78, 5) is 0. The van der Waals surface area contributed by atoms with Gasteiger partial charge in [-0.25, -0.2) is 0 Å². The van der Waals surface area contributed by atoms with Crippen molar-refractivity contribution in [3.63, 3.8) is 0 Å². The highest BCUT2D eigenvalue weighted by Gasteiger charge is 2.10. The highest BCUT2D eigenvalue weighted by Crippen LogP contribution is 2.16. The Bertz CT molecular complexity index is 372. The lowest BCUT2D eigenvalue weighted by molar-refractivity contribution is -0.0315. The van der Waals surface area contributed by atoms with Gasteiger partial charge in [-0.2, -0.15) is 0 Å². The van der Waals surface area contributed by atoms with E-state index < -0.39 is 6.10 Å². The molecule has 5 heteroatoms. The summed E-state index contributed by atoms with van der Waals surface area (Å²) < 4.78 is 11.5. The number of nitrogens with one attached hydrogen (secondary N) is 1. The second-order valence-electron chi connectivity index (χ2n) is 4.93. The number of hydrogen-bond acceptors (Lipinski definition) is 4. The molecule has 1 aromatic rings. The molecule has 0 spiro atoms. The van der Waals surface area contributed by atoms with Gasteiger partial charge in [-0.1, -0.05) is 28.1 Å². The maximum absolute atomic E-state index is 9.87. The Hall–Kier alpha value is -0.460. The van der Waals surface area contributed by atoms with Gasteiger partial charge in [0.25, 0.3) is 0 Å². The van der Waals surface area contributed by atoms with E-state index in [-0.39, 0.29) is 12.1 Å². The standard InChI is InChI=1S/C15H24BrNO3/c1-11(9-19-3)20-10-15(18)8-17-12(2)13-4-6-14(16)7-5-13/h4-7,11-12,15,17-18H,8-10H2,1-3H3/t11?,12-,15?/m0/s1. The predicted octanol–water partition coefficient (Wildman–Crippen LogP) is 2.51. The van der Waals surface area contributed by atoms with Crippen molar-refractivity contribution in [3.8, 4) is 0 Å². The number of benzene rings is 1. The fourth-order valence-electron chi connectivity index (χ4n) is 1.80. The van der Waals surface area contributed by atoms with E-state index in [1.807, 2.05) is 19.1 Å². The van der Waals surface area contributed by atoms with Gasteiger partial charge in [-0.05, 0) is 31.5 Å². The zero-order valence-electron chi connectivity index (χ0n) is 12.3. The number of aliphatic hydroxyl groups excluding tert-OH is 1. The smallest absolute Gasteiger partial charge is 0.0898 e. The minimum absolute atomic E-state index is 0.00135. The van der Waals surface area contributed by atoms with Gasteiger partial charge < -0.3 is 19.9 Å². The molecule has 0 aromatic heterocycles. The minimum Gasteiger partial charge on any atom is -0.389 e. The summed E-state index contributed by atoms with van der Waals surface area (Å²) in [6.45, 7) is 5.34. The maximum Gasteiger partial charge on any atom is 0.0898 e. The Morgan fingerprint density at radius 1 is 1.20 bits per heavy atom. The van der Waals surface area contributed by atoms with Crippen molar-refractivity contribution in [2.24, 2.45) is 0 Å². The van der Waals surface area contributed by atoms with Gasteiger partial charge in [0.2, 0.25) is 0 Å². The molecule has 0 saturated heterocycles. The van der Waals surface area contributed by atoms with Crippen LogP contribution in [0.4, 0.5) is 0 Å². The van der Waals surface area contributed by atoms with Crippen molar-refractivity contribution >= 4 is 15.9 Å². The third-order valence-electron chi connectivity index (χ3n) is 3.00. The first-order valence-corrected chi connectivity index (χ1v) is 7.59. The van der Waals surface area contributed by atoms with Gasteiger partial charge in [0.15, 0.2) is 0 Å². The molecule has 114 valence electrons. The van der Waals surface area contributed by atoms with E-state index in [2.05, 4.69) is 40.3 Å². The molecule has 20 heavy (non-hydrogen) atoms. The van der Waals surface area contributed by atoms with E-state index in [1.54, 1.807) is 7.11 Å². The SMILES string of the molecule is COCC(C)OCC(O)CN[C@@H](C)c1ccc(Br)cc1. The van der Waals surface area contributed by atoms with Crippen LogP contribution >= 0.6 is 15.9 Å². The fraction of sp³-hybridized carbons (Fsp3) is 0.600. The molecule has 2 unspecified atom stereocenters. The lowest BCUT2D eigenvalue weighted by atomic mass is 10.1. The van der Waals surface area contributed by atoms with Crippen LogP contribution in [0.1, 0.15) is 25.5 Å². The van der Waals surface area contributed by atoms with Crippen LogP contribution < -0.4 is 5.32 Å². The Kier molecular flexibility index (Phi) is 8.33. The second kappa shape index (κ2) is 9.47. The van der Waals surface area contributed by atoms with E-state index >= 15 is 0 Å². The molecule has 3 atom stereocenters. The normalized spacial score (nSPS) is 15.8. The lowest BCUT2D eigenvalue weighted by Crippen LogP contribution is -2.33. The molecule has 0 aliphatic heterocycles. The summed E-state index contributed by atoms with van der Waals surface area (Å²) in [6, 6.07) is 8.34. The Balaban J connectivity index is 2.26. The van der Waals surface area contributed by atoms with Gasteiger partial charge in [0.05, 0.1) is 25.4 Å². The first kappa shape index (κ1) is 17.6. The van der Waals surface area contributed by atoms with Crippen LogP contribution in [0.2, 0.25) is 0 Å². The van der Waals surface area contributed by atoms with Crippen LogP contribution in [0.3, 0.4) is 0 Å². The van der Waals surface area contributed by atoms with E-state index in [1.165, 1.54) is 5.56 Å². The predicted molar refractivity (Wildman–Crippen MR) is 83.9 cm³/mol. The molecular formula is C15H24BrNO3. The Morgan fingerprint density at radius 3 is 2.45 bits per heavy atom. The quantitative estimate of drug-likeness (QED) is 0.722. The van der Waals surface area contributed by atoms with E-state index in [0.29, 0.717) is 19.8 Å². The average Bonchev–Trinajstić information content (AvgIpc) is 2.43. The van der Waals surface area contributed by atoms with Crippen LogP contribution in [0.5, 0.6) is 0 Å². The molecule has 0 heterocycles. The summed E-state index contributed by atoms with van der Waals surface area (Å²) in [5, 5.41) is 13.2. The van der Waals surface area contributed by atoms with Gasteiger partial charge in [-0.3, -0.25) is 0 Å². The van der Waals surface area contributed by atoms with Crippen LogP contribution in [0, 0.1) is 0 Å². The summed E-state index contributed by atoms with van der Waals surface area (Å²) in [5.41, 5.74) is 1.19. The molecule has 0 aliphatic carbocycles. The first-order chi connectivity index (χ1) is 9.52. The van der Waals surface area contributed by atoms with Crippen molar-refractivity contribution in [2.45, 2.75) is 32.1 Å². The molecule has 2 N–H and O–H groups in total. The molecule has 0 fully saturated rings. The zero-order chi connectivity index (χ0) is 15.0. The Morgan fingerprint density at radius 2 is 1.85 bits per heavy atom. The van der Waals surface area contributed by atoms with Crippen LogP contribution in [-0.4, -0.2) is 44.2 Å². The van der Waals surface area contributed by atoms with Crippen molar-refractivity contribution in [3.05, 3.63) is 34.3 Å². The molecule has 0 bridgehead atoms. The maximum atomic E-state index is 9.87. The third-order valence-corrected chi connectivity index (χ3v) is 3.53. The summed E-state index contributed by atoms with van der Waals surface area (Å²) in [6.07, 6.45) is -0.522. The molecule has 0 radical (unpaired) electrons. The van der Waals surface area contributed by atoms with Crippen molar-refractivity contribution in [2.75, 3.05) is 26.9 Å². The number of hydrogen-bond donors (Lipinski definition) is 2. The summed E-state index contributed by atoms with van der Waals surface area (Å²) in [5.74, 6) is 0. The van der Waals surface area contributed by atoms with Gasteiger partial charge in [0.1, 0.15) is 0 Å². The van der Waals surface area contributed by atoms with Gasteiger partial charge in [0, 0.05) is 24.2 Å². The highest BCUT2D eigenvalue weighted by molar-refractivity contribution is 9.10. The zero-order valence-corrected chi connectivity index (χ0v) is 13.9. The van der Waals surface area contributed by atoms with Crippen LogP contribution in [0.25, 0.3) is 0 Å². The van der Waals surface area contributed by atoms with E-state index in [4.69, 9.17) is 9.47 Å². The third kappa shape index (κ3) is 6.81. The number of aliphatic hydroxyl groups is 1. The highest BCUT2D eigenvalue weighted by atomic mass is 79.9. The van der Waals surface area contributed by atoms with Crippen molar-refractivity contribution in [1.82, 2.24) is 5.32 Å². The van der Waals surface area contributed by atoms with Crippen molar-refractivity contribution < 1.29 is 14.6 Å². The number of halogens is 1. The first-order valence-electron chi connectivity index (χ1n) is 6.80. The number of methoxy groups -OCH3 is 1. The van der Waals surface area contributed by atoms with Gasteiger partial charge >= 0.3 is 0 Å². The molecule has 0 saturated carbocycles. The Labute approximate surface area is 129 Å². The number of ether oxygens (including phenoxy) is 2. The topological polar surface area (TPSA) is 50.7 Å². The average molecular weight is 346 g/mol. The molecule has 4 nitrogen and oxygen atoms in total. The van der Waals surface area contributed by atoms with Crippen LogP contribution in [-0.2, 0) is 9.47 Å². The van der Waals surface area contributed by atoms with Gasteiger partial charge in [-0.15, -0.1) is 0 Å². The molecule has 0 aliphatic rings. The summed E-state index contributed by atoms with van der Waals surface area (Å²) >= 11 is 3.42. The minimum atomic E-state index is -0.521. The second-order valence-corrected chi connectivity index (χ2v) is 5.85. The van der Waals surface area contributed by atoms with E-state index in [0.717, 1.165) is 4.47 Å². The number of rotatable bonds is 9. The molecule has 1 aromatic carbocycles. The van der Waals surface area contributed by atoms with Crippen molar-refractivity contribution in [1.29, 1.82) is 0 Å². The molecular weight excluding hydrogens is 322 g/mol. The lowest BCUT2D eigenvalue weighted by Gasteiger charge is -2.19.